The molecular formula is C13H9Cl2N3O. The summed E-state index contributed by atoms with van der Waals surface area (Å²) in [6, 6.07) is 7.86. The maximum absolute atomic E-state index is 12.2. The smallest absolute Gasteiger partial charge is 0.232 e. The summed E-state index contributed by atoms with van der Waals surface area (Å²) < 4.78 is 0. The minimum Gasteiger partial charge on any atom is -0.320 e. The van der Waals surface area contributed by atoms with Crippen LogP contribution in [0.4, 0.5) is 5.69 Å². The molecule has 1 heterocycles. The quantitative estimate of drug-likeness (QED) is 0.866. The molecule has 0 saturated heterocycles. The van der Waals surface area contributed by atoms with Gasteiger partial charge in [-0.3, -0.25) is 4.79 Å². The van der Waals surface area contributed by atoms with Gasteiger partial charge in [-0.1, -0.05) is 47.5 Å². The zero-order valence-corrected chi connectivity index (χ0v) is 11.2. The molecule has 1 aromatic heterocycles. The van der Waals surface area contributed by atoms with Crippen molar-refractivity contribution in [2.75, 3.05) is 5.32 Å². The van der Waals surface area contributed by atoms with Crippen LogP contribution in [0.15, 0.2) is 30.6 Å². The van der Waals surface area contributed by atoms with Crippen LogP contribution in [0.3, 0.4) is 0 Å². The van der Waals surface area contributed by atoms with E-state index >= 15 is 0 Å². The fourth-order valence-corrected chi connectivity index (χ4v) is 2.56. The molecular weight excluding hydrogens is 285 g/mol. The largest absolute Gasteiger partial charge is 0.320 e. The lowest BCUT2D eigenvalue weighted by molar-refractivity contribution is -0.118. The van der Waals surface area contributed by atoms with E-state index in [4.69, 9.17) is 23.2 Å². The van der Waals surface area contributed by atoms with E-state index in [1.54, 1.807) is 0 Å². The van der Waals surface area contributed by atoms with E-state index in [-0.39, 0.29) is 27.8 Å². The summed E-state index contributed by atoms with van der Waals surface area (Å²) in [6.45, 7) is 0. The van der Waals surface area contributed by atoms with E-state index in [1.165, 1.54) is 11.9 Å². The van der Waals surface area contributed by atoms with Gasteiger partial charge in [-0.15, -0.1) is 0 Å². The topological polar surface area (TPSA) is 54.9 Å². The van der Waals surface area contributed by atoms with Crippen molar-refractivity contribution < 1.29 is 4.79 Å². The number of fused-ring (bicyclic) bond motifs is 1. The molecule has 1 amide bonds. The number of nitrogens with one attached hydrogen (secondary N) is 1. The average Bonchev–Trinajstić information content (AvgIpc) is 2.35. The van der Waals surface area contributed by atoms with Gasteiger partial charge in [-0.2, -0.15) is 0 Å². The summed E-state index contributed by atoms with van der Waals surface area (Å²) in [5.74, 6) is -0.305. The zero-order chi connectivity index (χ0) is 13.4. The molecule has 0 aliphatic heterocycles. The molecule has 1 aromatic carbocycles. The van der Waals surface area contributed by atoms with Gasteiger partial charge in [0.2, 0.25) is 5.91 Å². The average molecular weight is 294 g/mol. The van der Waals surface area contributed by atoms with E-state index < -0.39 is 0 Å². The highest BCUT2D eigenvalue weighted by Crippen LogP contribution is 2.36. The van der Waals surface area contributed by atoms with Crippen LogP contribution in [0.1, 0.15) is 17.0 Å². The molecule has 0 bridgehead atoms. The first kappa shape index (κ1) is 12.4. The van der Waals surface area contributed by atoms with Gasteiger partial charge in [0.1, 0.15) is 12.0 Å². The second kappa shape index (κ2) is 4.79. The van der Waals surface area contributed by atoms with E-state index in [2.05, 4.69) is 15.3 Å². The van der Waals surface area contributed by atoms with Crippen molar-refractivity contribution in [2.24, 2.45) is 0 Å². The molecule has 4 nitrogen and oxygen atoms in total. The molecule has 6 heteroatoms. The summed E-state index contributed by atoms with van der Waals surface area (Å²) in [5, 5.41) is 2.97. The Bertz CT molecular complexity index is 640. The van der Waals surface area contributed by atoms with Crippen LogP contribution in [0.25, 0.3) is 0 Å². The summed E-state index contributed by atoms with van der Waals surface area (Å²) >= 11 is 11.8. The minimum atomic E-state index is -0.163. The number of carbonyl (C=O) groups excluding carboxylic acids is 1. The van der Waals surface area contributed by atoms with Crippen molar-refractivity contribution in [3.8, 4) is 0 Å². The Labute approximate surface area is 119 Å². The fourth-order valence-electron chi connectivity index (χ4n) is 2.15. The summed E-state index contributed by atoms with van der Waals surface area (Å²) in [5.41, 5.74) is 2.51. The fraction of sp³-hybridized carbons (Fsp3) is 0.154. The van der Waals surface area contributed by atoms with Crippen molar-refractivity contribution in [1.82, 2.24) is 9.97 Å². The maximum Gasteiger partial charge on any atom is 0.232 e. The van der Waals surface area contributed by atoms with E-state index in [1.807, 2.05) is 24.3 Å². The highest BCUT2D eigenvalue weighted by atomic mass is 35.5. The van der Waals surface area contributed by atoms with Crippen molar-refractivity contribution in [3.05, 3.63) is 52.0 Å². The summed E-state index contributed by atoms with van der Waals surface area (Å²) in [7, 11) is 0. The molecule has 0 saturated carbocycles. The molecule has 1 aliphatic carbocycles. The maximum atomic E-state index is 12.2. The number of halogens is 2. The second-order valence-electron chi connectivity index (χ2n) is 4.28. The van der Waals surface area contributed by atoms with Crippen LogP contribution in [-0.4, -0.2) is 15.9 Å². The number of hydrogen-bond acceptors (Lipinski definition) is 3. The number of carbonyl (C=O) groups is 1. The predicted molar refractivity (Wildman–Crippen MR) is 73.6 cm³/mol. The second-order valence-corrected chi connectivity index (χ2v) is 4.99. The van der Waals surface area contributed by atoms with E-state index in [9.17, 15) is 4.79 Å². The molecule has 0 fully saturated rings. The Morgan fingerprint density at radius 3 is 2.58 bits per heavy atom. The van der Waals surface area contributed by atoms with Crippen LogP contribution < -0.4 is 5.32 Å². The molecule has 1 N–H and O–H groups in total. The number of anilines is 1. The molecule has 2 aromatic rings. The standard InChI is InChI=1S/C13H9Cl2N3O/c14-11-10(12(15)17-6-16-11)18-13(19)9-5-7-3-1-2-4-8(7)9/h1-4,6,9H,5H2,(H,18,19). The summed E-state index contributed by atoms with van der Waals surface area (Å²) in [6.07, 6.45) is 1.98. The van der Waals surface area contributed by atoms with E-state index in [0.29, 0.717) is 0 Å². The van der Waals surface area contributed by atoms with Gasteiger partial charge in [-0.25, -0.2) is 9.97 Å². The van der Waals surface area contributed by atoms with Crippen LogP contribution in [0.5, 0.6) is 0 Å². The van der Waals surface area contributed by atoms with Gasteiger partial charge in [0.05, 0.1) is 5.92 Å². The van der Waals surface area contributed by atoms with Gasteiger partial charge in [-0.05, 0) is 17.5 Å². The van der Waals surface area contributed by atoms with Crippen LogP contribution in [0.2, 0.25) is 10.3 Å². The van der Waals surface area contributed by atoms with Crippen LogP contribution >= 0.6 is 23.2 Å². The number of amides is 1. The number of nitrogens with zero attached hydrogens (tertiary/aromatic N) is 2. The normalized spacial score (nSPS) is 16.4. The Morgan fingerprint density at radius 1 is 1.21 bits per heavy atom. The lowest BCUT2D eigenvalue weighted by atomic mass is 9.77. The lowest BCUT2D eigenvalue weighted by Crippen LogP contribution is -2.30. The Morgan fingerprint density at radius 2 is 1.89 bits per heavy atom. The number of hydrogen-bond donors (Lipinski definition) is 1. The van der Waals surface area contributed by atoms with Gasteiger partial charge in [0, 0.05) is 0 Å². The summed E-state index contributed by atoms with van der Waals surface area (Å²) in [4.78, 5) is 19.8. The SMILES string of the molecule is O=C(Nc1c(Cl)ncnc1Cl)C1Cc2ccccc21. The van der Waals surface area contributed by atoms with Crippen molar-refractivity contribution in [1.29, 1.82) is 0 Å². The number of rotatable bonds is 2. The predicted octanol–water partition coefficient (Wildman–Crippen LogP) is 3.06. The Balaban J connectivity index is 1.81. The van der Waals surface area contributed by atoms with Crippen molar-refractivity contribution >= 4 is 34.8 Å². The van der Waals surface area contributed by atoms with Gasteiger partial charge in [0.15, 0.2) is 10.3 Å². The van der Waals surface area contributed by atoms with Gasteiger partial charge in [0.25, 0.3) is 0 Å². The minimum absolute atomic E-state index is 0.140. The number of benzene rings is 1. The highest BCUT2D eigenvalue weighted by molar-refractivity contribution is 6.38. The van der Waals surface area contributed by atoms with Crippen LogP contribution in [-0.2, 0) is 11.2 Å². The highest BCUT2D eigenvalue weighted by Gasteiger charge is 2.32. The van der Waals surface area contributed by atoms with Crippen molar-refractivity contribution in [2.45, 2.75) is 12.3 Å². The van der Waals surface area contributed by atoms with E-state index in [0.717, 1.165) is 12.0 Å². The third kappa shape index (κ3) is 2.17. The van der Waals surface area contributed by atoms with Gasteiger partial charge < -0.3 is 5.32 Å². The lowest BCUT2D eigenvalue weighted by Gasteiger charge is -2.28. The van der Waals surface area contributed by atoms with Gasteiger partial charge >= 0.3 is 0 Å². The third-order valence-corrected chi connectivity index (χ3v) is 3.75. The monoisotopic (exact) mass is 293 g/mol. The zero-order valence-electron chi connectivity index (χ0n) is 9.73. The Hall–Kier alpha value is -1.65. The first-order valence-corrected chi connectivity index (χ1v) is 6.47. The van der Waals surface area contributed by atoms with Crippen molar-refractivity contribution in [3.63, 3.8) is 0 Å². The molecule has 0 spiro atoms. The molecule has 1 atom stereocenters. The molecule has 0 radical (unpaired) electrons. The first-order valence-electron chi connectivity index (χ1n) is 5.71. The molecule has 19 heavy (non-hydrogen) atoms. The first-order chi connectivity index (χ1) is 9.16. The molecule has 3 rings (SSSR count). The molecule has 96 valence electrons. The number of aromatic nitrogens is 2. The third-order valence-electron chi connectivity index (χ3n) is 3.17. The Kier molecular flexibility index (Phi) is 3.12. The van der Waals surface area contributed by atoms with Crippen LogP contribution in [0, 0.1) is 0 Å². The molecule has 1 unspecified atom stereocenters. The molecule has 1 aliphatic rings.